The summed E-state index contributed by atoms with van der Waals surface area (Å²) >= 11 is 0. The highest BCUT2D eigenvalue weighted by molar-refractivity contribution is 5.66. The molecule has 0 fully saturated rings. The molecule has 2 N–H and O–H groups in total. The standard InChI is InChI=1S/C12H23NO2/c1-10(2)9-13-8-7-12(3,4)6-5-11(14)15/h13H,1,5-9H2,2-4H3,(H,14,15). The van der Waals surface area contributed by atoms with Gasteiger partial charge in [0.25, 0.3) is 0 Å². The molecule has 0 aliphatic heterocycles. The Morgan fingerprint density at radius 1 is 1.40 bits per heavy atom. The highest BCUT2D eigenvalue weighted by Gasteiger charge is 2.18. The van der Waals surface area contributed by atoms with E-state index in [1.807, 2.05) is 6.92 Å². The molecule has 0 aliphatic carbocycles. The first-order valence-corrected chi connectivity index (χ1v) is 5.40. The van der Waals surface area contributed by atoms with Crippen molar-refractivity contribution in [2.75, 3.05) is 13.1 Å². The lowest BCUT2D eigenvalue weighted by Gasteiger charge is -2.23. The molecule has 3 heteroatoms. The largest absolute Gasteiger partial charge is 0.481 e. The van der Waals surface area contributed by atoms with Crippen LogP contribution in [0.3, 0.4) is 0 Å². The monoisotopic (exact) mass is 213 g/mol. The molecule has 0 spiro atoms. The average molecular weight is 213 g/mol. The lowest BCUT2D eigenvalue weighted by molar-refractivity contribution is -0.137. The number of carbonyl (C=O) groups is 1. The van der Waals surface area contributed by atoms with Crippen LogP contribution in [-0.4, -0.2) is 24.2 Å². The topological polar surface area (TPSA) is 49.3 Å². The molecule has 0 aromatic heterocycles. The van der Waals surface area contributed by atoms with Gasteiger partial charge in [-0.05, 0) is 31.7 Å². The van der Waals surface area contributed by atoms with Crippen molar-refractivity contribution < 1.29 is 9.90 Å². The van der Waals surface area contributed by atoms with E-state index < -0.39 is 5.97 Å². The second kappa shape index (κ2) is 6.62. The maximum absolute atomic E-state index is 10.4. The molecule has 0 rings (SSSR count). The van der Waals surface area contributed by atoms with Gasteiger partial charge in [-0.1, -0.05) is 26.0 Å². The average Bonchev–Trinajstić information content (AvgIpc) is 2.09. The van der Waals surface area contributed by atoms with E-state index in [1.54, 1.807) is 0 Å². The van der Waals surface area contributed by atoms with Gasteiger partial charge in [0.2, 0.25) is 0 Å². The Morgan fingerprint density at radius 2 is 2.00 bits per heavy atom. The third-order valence-electron chi connectivity index (χ3n) is 2.42. The fourth-order valence-corrected chi connectivity index (χ4v) is 1.30. The molecule has 15 heavy (non-hydrogen) atoms. The van der Waals surface area contributed by atoms with E-state index >= 15 is 0 Å². The highest BCUT2D eigenvalue weighted by atomic mass is 16.4. The first-order valence-electron chi connectivity index (χ1n) is 5.40. The molecule has 0 unspecified atom stereocenters. The molecule has 3 nitrogen and oxygen atoms in total. The molecule has 0 amide bonds. The van der Waals surface area contributed by atoms with Crippen molar-refractivity contribution in [3.05, 3.63) is 12.2 Å². The van der Waals surface area contributed by atoms with Crippen molar-refractivity contribution in [1.29, 1.82) is 0 Å². The second-order valence-electron chi connectivity index (χ2n) is 4.94. The molecular formula is C12H23NO2. The van der Waals surface area contributed by atoms with Gasteiger partial charge in [0.05, 0.1) is 0 Å². The molecule has 0 aliphatic rings. The number of carboxylic acid groups (broad SMARTS) is 1. The Hall–Kier alpha value is -0.830. The maximum Gasteiger partial charge on any atom is 0.303 e. The third kappa shape index (κ3) is 9.47. The molecule has 88 valence electrons. The van der Waals surface area contributed by atoms with Gasteiger partial charge in [0.1, 0.15) is 0 Å². The molecule has 0 radical (unpaired) electrons. The van der Waals surface area contributed by atoms with E-state index in [2.05, 4.69) is 25.7 Å². The van der Waals surface area contributed by atoms with Crippen LogP contribution in [0.1, 0.15) is 40.0 Å². The van der Waals surface area contributed by atoms with Gasteiger partial charge >= 0.3 is 5.97 Å². The van der Waals surface area contributed by atoms with Crippen LogP contribution >= 0.6 is 0 Å². The molecule has 0 aromatic rings. The van der Waals surface area contributed by atoms with Gasteiger partial charge in [0, 0.05) is 13.0 Å². The van der Waals surface area contributed by atoms with Gasteiger partial charge < -0.3 is 10.4 Å². The number of carboxylic acids is 1. The zero-order chi connectivity index (χ0) is 11.9. The van der Waals surface area contributed by atoms with Crippen molar-refractivity contribution in [3.63, 3.8) is 0 Å². The second-order valence-corrected chi connectivity index (χ2v) is 4.94. The van der Waals surface area contributed by atoms with Gasteiger partial charge in [0.15, 0.2) is 0 Å². The van der Waals surface area contributed by atoms with E-state index in [0.717, 1.165) is 31.5 Å². The first-order chi connectivity index (χ1) is 6.83. The van der Waals surface area contributed by atoms with E-state index in [0.29, 0.717) is 0 Å². The number of aliphatic carboxylic acids is 1. The molecular weight excluding hydrogens is 190 g/mol. The highest BCUT2D eigenvalue weighted by Crippen LogP contribution is 2.25. The molecule has 0 bridgehead atoms. The van der Waals surface area contributed by atoms with Crippen molar-refractivity contribution >= 4 is 5.97 Å². The molecule has 0 aromatic carbocycles. The Kier molecular flexibility index (Phi) is 6.25. The van der Waals surface area contributed by atoms with Crippen molar-refractivity contribution in [2.45, 2.75) is 40.0 Å². The molecule has 0 heterocycles. The Morgan fingerprint density at radius 3 is 2.47 bits per heavy atom. The van der Waals surface area contributed by atoms with E-state index in [4.69, 9.17) is 5.11 Å². The zero-order valence-electron chi connectivity index (χ0n) is 10.1. The van der Waals surface area contributed by atoms with E-state index in [1.165, 1.54) is 0 Å². The Bertz CT molecular complexity index is 222. The number of rotatable bonds is 8. The molecule has 0 saturated carbocycles. The van der Waals surface area contributed by atoms with Gasteiger partial charge in [-0.25, -0.2) is 0 Å². The lowest BCUT2D eigenvalue weighted by atomic mass is 9.84. The van der Waals surface area contributed by atoms with Crippen LogP contribution in [0.2, 0.25) is 0 Å². The summed E-state index contributed by atoms with van der Waals surface area (Å²) in [5.74, 6) is -0.710. The molecule has 0 saturated heterocycles. The van der Waals surface area contributed by atoms with Crippen molar-refractivity contribution in [2.24, 2.45) is 5.41 Å². The van der Waals surface area contributed by atoms with Gasteiger partial charge in [-0.2, -0.15) is 0 Å². The predicted octanol–water partition coefficient (Wildman–Crippen LogP) is 2.43. The summed E-state index contributed by atoms with van der Waals surface area (Å²) in [6.45, 7) is 11.8. The summed E-state index contributed by atoms with van der Waals surface area (Å²) in [5, 5.41) is 11.9. The maximum atomic E-state index is 10.4. The summed E-state index contributed by atoms with van der Waals surface area (Å²) in [4.78, 5) is 10.4. The lowest BCUT2D eigenvalue weighted by Crippen LogP contribution is -2.24. The number of hydrogen-bond acceptors (Lipinski definition) is 2. The minimum Gasteiger partial charge on any atom is -0.481 e. The van der Waals surface area contributed by atoms with E-state index in [-0.39, 0.29) is 11.8 Å². The van der Waals surface area contributed by atoms with Crippen LogP contribution in [0.25, 0.3) is 0 Å². The summed E-state index contributed by atoms with van der Waals surface area (Å²) < 4.78 is 0. The van der Waals surface area contributed by atoms with Gasteiger partial charge in [-0.15, -0.1) is 0 Å². The summed E-state index contributed by atoms with van der Waals surface area (Å²) in [5.41, 5.74) is 1.22. The summed E-state index contributed by atoms with van der Waals surface area (Å²) in [7, 11) is 0. The molecule has 0 atom stereocenters. The third-order valence-corrected chi connectivity index (χ3v) is 2.42. The number of hydrogen-bond donors (Lipinski definition) is 2. The number of nitrogens with one attached hydrogen (secondary N) is 1. The fourth-order valence-electron chi connectivity index (χ4n) is 1.30. The minimum absolute atomic E-state index is 0.0977. The van der Waals surface area contributed by atoms with Crippen LogP contribution < -0.4 is 5.32 Å². The van der Waals surface area contributed by atoms with E-state index in [9.17, 15) is 4.79 Å². The fraction of sp³-hybridized carbons (Fsp3) is 0.750. The predicted molar refractivity (Wildman–Crippen MR) is 63.0 cm³/mol. The van der Waals surface area contributed by atoms with Gasteiger partial charge in [-0.3, -0.25) is 4.79 Å². The summed E-state index contributed by atoms with van der Waals surface area (Å²) in [6.07, 6.45) is 1.98. The van der Waals surface area contributed by atoms with Crippen LogP contribution in [0.5, 0.6) is 0 Å². The van der Waals surface area contributed by atoms with Crippen LogP contribution in [-0.2, 0) is 4.79 Å². The Labute approximate surface area is 92.6 Å². The SMILES string of the molecule is C=C(C)CNCCC(C)(C)CCC(=O)O. The normalized spacial score (nSPS) is 11.4. The van der Waals surface area contributed by atoms with Crippen LogP contribution in [0.15, 0.2) is 12.2 Å². The van der Waals surface area contributed by atoms with Crippen molar-refractivity contribution in [1.82, 2.24) is 5.32 Å². The van der Waals surface area contributed by atoms with Crippen molar-refractivity contribution in [3.8, 4) is 0 Å². The summed E-state index contributed by atoms with van der Waals surface area (Å²) in [6, 6.07) is 0. The quantitative estimate of drug-likeness (QED) is 0.481. The zero-order valence-corrected chi connectivity index (χ0v) is 10.1. The van der Waals surface area contributed by atoms with Crippen LogP contribution in [0, 0.1) is 5.41 Å². The van der Waals surface area contributed by atoms with Crippen LogP contribution in [0.4, 0.5) is 0 Å². The smallest absolute Gasteiger partial charge is 0.303 e. The Balaban J connectivity index is 3.64. The minimum atomic E-state index is -0.710. The first kappa shape index (κ1) is 14.2.